The van der Waals surface area contributed by atoms with E-state index in [9.17, 15) is 0 Å². The Labute approximate surface area is 98.0 Å². The third kappa shape index (κ3) is 1.97. The standard InChI is InChI=1S/C11H13BrClN/c1-14-11(7-5-6-7)8-3-2-4-9(12)10(8)13/h2-4,7,11,14H,5-6H2,1H3. The number of halogens is 2. The second kappa shape index (κ2) is 4.21. The summed E-state index contributed by atoms with van der Waals surface area (Å²) in [5.41, 5.74) is 1.21. The highest BCUT2D eigenvalue weighted by Crippen LogP contribution is 2.43. The van der Waals surface area contributed by atoms with E-state index in [1.165, 1.54) is 18.4 Å². The molecule has 0 spiro atoms. The highest BCUT2D eigenvalue weighted by atomic mass is 79.9. The Kier molecular flexibility index (Phi) is 3.15. The van der Waals surface area contributed by atoms with Crippen LogP contribution in [0.4, 0.5) is 0 Å². The van der Waals surface area contributed by atoms with Gasteiger partial charge in [-0.1, -0.05) is 23.7 Å². The van der Waals surface area contributed by atoms with Gasteiger partial charge in [-0.2, -0.15) is 0 Å². The fraction of sp³-hybridized carbons (Fsp3) is 0.455. The Balaban J connectivity index is 2.33. The lowest BCUT2D eigenvalue weighted by Gasteiger charge is -2.17. The number of nitrogens with one attached hydrogen (secondary N) is 1. The smallest absolute Gasteiger partial charge is 0.0595 e. The zero-order valence-corrected chi connectivity index (χ0v) is 10.4. The minimum Gasteiger partial charge on any atom is -0.313 e. The molecule has 3 heteroatoms. The Morgan fingerprint density at radius 1 is 1.50 bits per heavy atom. The largest absolute Gasteiger partial charge is 0.313 e. The van der Waals surface area contributed by atoms with Crippen molar-refractivity contribution in [2.24, 2.45) is 5.92 Å². The van der Waals surface area contributed by atoms with Gasteiger partial charge >= 0.3 is 0 Å². The maximum absolute atomic E-state index is 6.25. The van der Waals surface area contributed by atoms with Crippen molar-refractivity contribution in [2.75, 3.05) is 7.05 Å². The van der Waals surface area contributed by atoms with E-state index in [4.69, 9.17) is 11.6 Å². The highest BCUT2D eigenvalue weighted by Gasteiger charge is 2.32. The molecule has 0 aromatic heterocycles. The van der Waals surface area contributed by atoms with Gasteiger partial charge in [0.1, 0.15) is 0 Å². The van der Waals surface area contributed by atoms with E-state index in [2.05, 4.69) is 27.3 Å². The molecule has 0 bridgehead atoms. The number of hydrogen-bond acceptors (Lipinski definition) is 1. The molecule has 0 heterocycles. The summed E-state index contributed by atoms with van der Waals surface area (Å²) < 4.78 is 0.984. The van der Waals surface area contributed by atoms with E-state index >= 15 is 0 Å². The first-order valence-corrected chi connectivity index (χ1v) is 6.02. The van der Waals surface area contributed by atoms with Crippen molar-refractivity contribution in [1.29, 1.82) is 0 Å². The van der Waals surface area contributed by atoms with Gasteiger partial charge in [-0.05, 0) is 53.4 Å². The van der Waals surface area contributed by atoms with E-state index in [1.807, 2.05) is 19.2 Å². The van der Waals surface area contributed by atoms with Crippen LogP contribution in [0.3, 0.4) is 0 Å². The Morgan fingerprint density at radius 2 is 2.21 bits per heavy atom. The summed E-state index contributed by atoms with van der Waals surface area (Å²) in [6.45, 7) is 0. The maximum Gasteiger partial charge on any atom is 0.0595 e. The first kappa shape index (κ1) is 10.5. The predicted molar refractivity (Wildman–Crippen MR) is 63.7 cm³/mol. The molecule has 0 aliphatic heterocycles. The molecule has 1 fully saturated rings. The highest BCUT2D eigenvalue weighted by molar-refractivity contribution is 9.10. The average Bonchev–Trinajstić information content (AvgIpc) is 2.97. The molecule has 14 heavy (non-hydrogen) atoms. The van der Waals surface area contributed by atoms with E-state index in [0.29, 0.717) is 6.04 Å². The molecule has 1 atom stereocenters. The fourth-order valence-electron chi connectivity index (χ4n) is 1.84. The van der Waals surface area contributed by atoms with Gasteiger partial charge in [-0.25, -0.2) is 0 Å². The Morgan fingerprint density at radius 3 is 2.79 bits per heavy atom. The predicted octanol–water partition coefficient (Wildman–Crippen LogP) is 3.77. The van der Waals surface area contributed by atoms with Crippen molar-refractivity contribution < 1.29 is 0 Å². The molecule has 1 nitrogen and oxygen atoms in total. The van der Waals surface area contributed by atoms with Crippen LogP contribution < -0.4 is 5.32 Å². The van der Waals surface area contributed by atoms with E-state index in [-0.39, 0.29) is 0 Å². The SMILES string of the molecule is CNC(c1cccc(Br)c1Cl)C1CC1. The number of benzene rings is 1. The molecule has 1 saturated carbocycles. The topological polar surface area (TPSA) is 12.0 Å². The molecule has 0 radical (unpaired) electrons. The van der Waals surface area contributed by atoms with Crippen molar-refractivity contribution in [1.82, 2.24) is 5.32 Å². The van der Waals surface area contributed by atoms with E-state index < -0.39 is 0 Å². The molecule has 1 unspecified atom stereocenters. The first-order chi connectivity index (χ1) is 6.74. The molecule has 1 N–H and O–H groups in total. The van der Waals surface area contributed by atoms with Crippen LogP contribution in [0.5, 0.6) is 0 Å². The lowest BCUT2D eigenvalue weighted by atomic mass is 10.0. The van der Waals surface area contributed by atoms with Crippen LogP contribution in [0.1, 0.15) is 24.4 Å². The van der Waals surface area contributed by atoms with Crippen molar-refractivity contribution in [3.63, 3.8) is 0 Å². The molecule has 1 aromatic carbocycles. The van der Waals surface area contributed by atoms with Gasteiger partial charge in [0.05, 0.1) is 5.02 Å². The summed E-state index contributed by atoms with van der Waals surface area (Å²) in [6, 6.07) is 6.54. The third-order valence-corrected chi connectivity index (χ3v) is 4.03. The molecule has 0 saturated heterocycles. The second-order valence-corrected chi connectivity index (χ2v) is 4.98. The molecular weight excluding hydrogens is 261 g/mol. The minimum atomic E-state index is 0.417. The maximum atomic E-state index is 6.25. The Bertz CT molecular complexity index is 336. The van der Waals surface area contributed by atoms with Crippen LogP contribution >= 0.6 is 27.5 Å². The lowest BCUT2D eigenvalue weighted by Crippen LogP contribution is -2.18. The molecular formula is C11H13BrClN. The van der Waals surface area contributed by atoms with Crippen LogP contribution in [0.2, 0.25) is 5.02 Å². The van der Waals surface area contributed by atoms with Crippen LogP contribution in [-0.4, -0.2) is 7.05 Å². The van der Waals surface area contributed by atoms with Crippen molar-refractivity contribution >= 4 is 27.5 Å². The molecule has 1 aliphatic carbocycles. The van der Waals surface area contributed by atoms with Gasteiger partial charge in [-0.15, -0.1) is 0 Å². The monoisotopic (exact) mass is 273 g/mol. The summed E-state index contributed by atoms with van der Waals surface area (Å²) in [5, 5.41) is 4.19. The Hall–Kier alpha value is -0.0500. The van der Waals surface area contributed by atoms with E-state index in [0.717, 1.165) is 15.4 Å². The van der Waals surface area contributed by atoms with Crippen molar-refractivity contribution in [3.05, 3.63) is 33.3 Å². The van der Waals surface area contributed by atoms with Gasteiger partial charge < -0.3 is 5.32 Å². The van der Waals surface area contributed by atoms with Crippen LogP contribution in [-0.2, 0) is 0 Å². The summed E-state index contributed by atoms with van der Waals surface area (Å²) in [6.07, 6.45) is 2.63. The number of rotatable bonds is 3. The summed E-state index contributed by atoms with van der Waals surface area (Å²) in [7, 11) is 2.00. The summed E-state index contributed by atoms with van der Waals surface area (Å²) in [4.78, 5) is 0. The minimum absolute atomic E-state index is 0.417. The molecule has 1 aromatic rings. The summed E-state index contributed by atoms with van der Waals surface area (Å²) >= 11 is 9.71. The lowest BCUT2D eigenvalue weighted by molar-refractivity contribution is 0.529. The van der Waals surface area contributed by atoms with Gasteiger partial charge in [0, 0.05) is 10.5 Å². The van der Waals surface area contributed by atoms with Gasteiger partial charge in [0.2, 0.25) is 0 Å². The molecule has 2 rings (SSSR count). The summed E-state index contributed by atoms with van der Waals surface area (Å²) in [5.74, 6) is 0.770. The normalized spacial score (nSPS) is 18.2. The molecule has 1 aliphatic rings. The molecule has 0 amide bonds. The van der Waals surface area contributed by atoms with Crippen LogP contribution in [0.25, 0.3) is 0 Å². The van der Waals surface area contributed by atoms with Crippen LogP contribution in [0, 0.1) is 5.92 Å². The van der Waals surface area contributed by atoms with Crippen LogP contribution in [0.15, 0.2) is 22.7 Å². The zero-order valence-electron chi connectivity index (χ0n) is 8.06. The number of hydrogen-bond donors (Lipinski definition) is 1. The van der Waals surface area contributed by atoms with Gasteiger partial charge in [-0.3, -0.25) is 0 Å². The quantitative estimate of drug-likeness (QED) is 0.885. The van der Waals surface area contributed by atoms with Crippen molar-refractivity contribution in [3.8, 4) is 0 Å². The van der Waals surface area contributed by atoms with Crippen molar-refractivity contribution in [2.45, 2.75) is 18.9 Å². The van der Waals surface area contributed by atoms with Gasteiger partial charge in [0.15, 0.2) is 0 Å². The fourth-order valence-corrected chi connectivity index (χ4v) is 2.46. The third-order valence-electron chi connectivity index (χ3n) is 2.72. The average molecular weight is 275 g/mol. The van der Waals surface area contributed by atoms with E-state index in [1.54, 1.807) is 0 Å². The second-order valence-electron chi connectivity index (χ2n) is 3.75. The van der Waals surface area contributed by atoms with Gasteiger partial charge in [0.25, 0.3) is 0 Å². The first-order valence-electron chi connectivity index (χ1n) is 4.85. The zero-order chi connectivity index (χ0) is 10.1. The molecule has 76 valence electrons.